The predicted molar refractivity (Wildman–Crippen MR) is 85.0 cm³/mol. The van der Waals surface area contributed by atoms with Gasteiger partial charge in [0, 0.05) is 18.3 Å². The van der Waals surface area contributed by atoms with E-state index in [1.54, 1.807) is 4.90 Å². The van der Waals surface area contributed by atoms with E-state index in [2.05, 4.69) is 10.5 Å². The zero-order chi connectivity index (χ0) is 16.4. The van der Waals surface area contributed by atoms with Crippen LogP contribution in [0, 0.1) is 5.82 Å². The van der Waals surface area contributed by atoms with Crippen LogP contribution in [0.15, 0.2) is 28.8 Å². The van der Waals surface area contributed by atoms with Crippen LogP contribution in [0.5, 0.6) is 0 Å². The van der Waals surface area contributed by atoms with E-state index >= 15 is 0 Å². The highest BCUT2D eigenvalue weighted by molar-refractivity contribution is 6.31. The Balaban J connectivity index is 1.73. The lowest BCUT2D eigenvalue weighted by atomic mass is 10.1. The molecule has 0 saturated carbocycles. The van der Waals surface area contributed by atoms with E-state index in [9.17, 15) is 9.18 Å². The van der Waals surface area contributed by atoms with Gasteiger partial charge in [0.15, 0.2) is 5.76 Å². The van der Waals surface area contributed by atoms with Gasteiger partial charge in [-0.3, -0.25) is 0 Å². The second-order valence-corrected chi connectivity index (χ2v) is 5.89. The molecule has 1 aliphatic rings. The summed E-state index contributed by atoms with van der Waals surface area (Å²) >= 11 is 5.74. The molecule has 0 spiro atoms. The maximum absolute atomic E-state index is 13.2. The molecule has 2 amide bonds. The molecule has 2 heterocycles. The standard InChI is InChI=1S/C16H17ClFN3O2/c1-2-10-9-15(23-20-10)14-4-3-7-21(14)16(22)19-11-5-6-13(18)12(17)8-11/h5-6,8-9,14H,2-4,7H2,1H3,(H,19,22)/t14-/m1/s1. The first-order valence-electron chi connectivity index (χ1n) is 7.56. The summed E-state index contributed by atoms with van der Waals surface area (Å²) in [6.45, 7) is 2.63. The number of amides is 2. The van der Waals surface area contributed by atoms with Gasteiger partial charge in [-0.15, -0.1) is 0 Å². The highest BCUT2D eigenvalue weighted by Gasteiger charge is 2.32. The summed E-state index contributed by atoms with van der Waals surface area (Å²) < 4.78 is 18.5. The van der Waals surface area contributed by atoms with E-state index in [1.807, 2.05) is 13.0 Å². The van der Waals surface area contributed by atoms with Gasteiger partial charge in [-0.25, -0.2) is 9.18 Å². The minimum absolute atomic E-state index is 0.0244. The van der Waals surface area contributed by atoms with Crippen LogP contribution in [-0.4, -0.2) is 22.6 Å². The van der Waals surface area contributed by atoms with Crippen molar-refractivity contribution >= 4 is 23.3 Å². The molecule has 1 aliphatic heterocycles. The van der Waals surface area contributed by atoms with E-state index in [-0.39, 0.29) is 17.1 Å². The SMILES string of the molecule is CCc1cc([C@H]2CCCN2C(=O)Nc2ccc(F)c(Cl)c2)on1. The van der Waals surface area contributed by atoms with Crippen LogP contribution in [-0.2, 0) is 6.42 Å². The number of aryl methyl sites for hydroxylation is 1. The molecule has 3 rings (SSSR count). The molecule has 5 nitrogen and oxygen atoms in total. The van der Waals surface area contributed by atoms with E-state index in [0.29, 0.717) is 18.0 Å². The maximum atomic E-state index is 13.2. The van der Waals surface area contributed by atoms with Crippen LogP contribution < -0.4 is 5.32 Å². The fourth-order valence-corrected chi connectivity index (χ4v) is 2.91. The molecule has 7 heteroatoms. The normalized spacial score (nSPS) is 17.5. The van der Waals surface area contributed by atoms with Gasteiger partial charge >= 0.3 is 6.03 Å². The zero-order valence-electron chi connectivity index (χ0n) is 12.7. The molecule has 1 saturated heterocycles. The van der Waals surface area contributed by atoms with Gasteiger partial charge in [-0.05, 0) is 37.5 Å². The van der Waals surface area contributed by atoms with Crippen molar-refractivity contribution in [2.24, 2.45) is 0 Å². The number of anilines is 1. The molecular formula is C16H17ClFN3O2. The second kappa shape index (κ2) is 6.58. The number of rotatable bonds is 3. The summed E-state index contributed by atoms with van der Waals surface area (Å²) in [5.41, 5.74) is 1.33. The Bertz CT molecular complexity index is 719. The molecule has 1 aromatic heterocycles. The summed E-state index contributed by atoms with van der Waals surface area (Å²) in [7, 11) is 0. The molecule has 1 atom stereocenters. The number of carbonyl (C=O) groups is 1. The van der Waals surface area contributed by atoms with Crippen molar-refractivity contribution in [2.45, 2.75) is 32.2 Å². The third-order valence-corrected chi connectivity index (χ3v) is 4.24. The van der Waals surface area contributed by atoms with Crippen LogP contribution in [0.3, 0.4) is 0 Å². The Morgan fingerprint density at radius 1 is 1.52 bits per heavy atom. The number of carbonyl (C=O) groups excluding carboxylic acids is 1. The first-order valence-corrected chi connectivity index (χ1v) is 7.94. The van der Waals surface area contributed by atoms with Gasteiger partial charge < -0.3 is 14.7 Å². The monoisotopic (exact) mass is 337 g/mol. The number of urea groups is 1. The van der Waals surface area contributed by atoms with Crippen molar-refractivity contribution in [3.05, 3.63) is 46.6 Å². The van der Waals surface area contributed by atoms with Crippen molar-refractivity contribution in [1.82, 2.24) is 10.1 Å². The lowest BCUT2D eigenvalue weighted by molar-refractivity contribution is 0.195. The minimum atomic E-state index is -0.516. The lowest BCUT2D eigenvalue weighted by Crippen LogP contribution is -2.34. The molecule has 122 valence electrons. The smallest absolute Gasteiger partial charge is 0.322 e. The van der Waals surface area contributed by atoms with Crippen molar-refractivity contribution in [2.75, 3.05) is 11.9 Å². The molecule has 0 radical (unpaired) electrons. The summed E-state index contributed by atoms with van der Waals surface area (Å²) in [6.07, 6.45) is 2.51. The fourth-order valence-electron chi connectivity index (χ4n) is 2.73. The topological polar surface area (TPSA) is 58.4 Å². The van der Waals surface area contributed by atoms with Gasteiger partial charge in [-0.1, -0.05) is 23.7 Å². The van der Waals surface area contributed by atoms with Gasteiger partial charge in [0.1, 0.15) is 5.82 Å². The van der Waals surface area contributed by atoms with Gasteiger partial charge in [0.25, 0.3) is 0 Å². The number of aromatic nitrogens is 1. The average Bonchev–Trinajstić information content (AvgIpc) is 3.18. The highest BCUT2D eigenvalue weighted by Crippen LogP contribution is 2.33. The number of halogens is 2. The first kappa shape index (κ1) is 15.8. The summed E-state index contributed by atoms with van der Waals surface area (Å²) in [4.78, 5) is 14.2. The molecule has 1 aromatic carbocycles. The fraction of sp³-hybridized carbons (Fsp3) is 0.375. The van der Waals surface area contributed by atoms with Gasteiger partial charge in [-0.2, -0.15) is 0 Å². The number of hydrogen-bond donors (Lipinski definition) is 1. The number of nitrogens with one attached hydrogen (secondary N) is 1. The van der Waals surface area contributed by atoms with Crippen LogP contribution in [0.1, 0.15) is 37.3 Å². The van der Waals surface area contributed by atoms with E-state index in [1.165, 1.54) is 18.2 Å². The highest BCUT2D eigenvalue weighted by atomic mass is 35.5. The van der Waals surface area contributed by atoms with Crippen molar-refractivity contribution < 1.29 is 13.7 Å². The summed E-state index contributed by atoms with van der Waals surface area (Å²) in [5.74, 6) is 0.184. The largest absolute Gasteiger partial charge is 0.359 e. The molecule has 0 unspecified atom stereocenters. The molecule has 0 bridgehead atoms. The van der Waals surface area contributed by atoms with Crippen molar-refractivity contribution in [3.8, 4) is 0 Å². The van der Waals surface area contributed by atoms with Crippen LogP contribution in [0.4, 0.5) is 14.9 Å². The predicted octanol–water partition coefficient (Wildman–Crippen LogP) is 4.40. The molecular weight excluding hydrogens is 321 g/mol. The third kappa shape index (κ3) is 3.32. The van der Waals surface area contributed by atoms with Crippen molar-refractivity contribution in [1.29, 1.82) is 0 Å². The molecule has 1 N–H and O–H groups in total. The Morgan fingerprint density at radius 3 is 3.04 bits per heavy atom. The number of hydrogen-bond acceptors (Lipinski definition) is 3. The Hall–Kier alpha value is -2.08. The quantitative estimate of drug-likeness (QED) is 0.903. The lowest BCUT2D eigenvalue weighted by Gasteiger charge is -2.23. The van der Waals surface area contributed by atoms with E-state index in [0.717, 1.165) is 25.0 Å². The first-order chi connectivity index (χ1) is 11.1. The van der Waals surface area contributed by atoms with Crippen LogP contribution in [0.2, 0.25) is 5.02 Å². The van der Waals surface area contributed by atoms with Crippen LogP contribution in [0.25, 0.3) is 0 Å². The number of nitrogens with zero attached hydrogens (tertiary/aromatic N) is 2. The minimum Gasteiger partial charge on any atom is -0.359 e. The molecule has 1 fully saturated rings. The van der Waals surface area contributed by atoms with Gasteiger partial charge in [0.05, 0.1) is 16.8 Å². The molecule has 23 heavy (non-hydrogen) atoms. The maximum Gasteiger partial charge on any atom is 0.322 e. The number of likely N-dealkylation sites (tertiary alicyclic amines) is 1. The Labute approximate surface area is 138 Å². The van der Waals surface area contributed by atoms with Crippen molar-refractivity contribution in [3.63, 3.8) is 0 Å². The van der Waals surface area contributed by atoms with Crippen LogP contribution >= 0.6 is 11.6 Å². The third-order valence-electron chi connectivity index (χ3n) is 3.95. The average molecular weight is 338 g/mol. The second-order valence-electron chi connectivity index (χ2n) is 5.48. The van der Waals surface area contributed by atoms with E-state index < -0.39 is 5.82 Å². The Kier molecular flexibility index (Phi) is 4.52. The van der Waals surface area contributed by atoms with Gasteiger partial charge in [0.2, 0.25) is 0 Å². The molecule has 2 aromatic rings. The zero-order valence-corrected chi connectivity index (χ0v) is 13.4. The number of benzene rings is 1. The van der Waals surface area contributed by atoms with E-state index in [4.69, 9.17) is 16.1 Å². The molecule has 0 aliphatic carbocycles. The Morgan fingerprint density at radius 2 is 2.35 bits per heavy atom. The summed E-state index contributed by atoms with van der Waals surface area (Å²) in [6, 6.07) is 5.61. The summed E-state index contributed by atoms with van der Waals surface area (Å²) in [5, 5.41) is 6.71.